The first-order valence-electron chi connectivity index (χ1n) is 18.0. The standard InChI is InChI=1S/C36H54ClN5O4/c1-25-33(46-24-39-25)23-45-32-14-13-27-21-41(17-16-31(27)35(32)37)22-30(43)20-38-36(44)26-15-18-42(34(19-26)40-28-9-8-10-28)29-11-6-4-2-3-5-7-12-29/h13-14,24,26,28-30,34,40,43H,2-12,15-23H2,1H3,(H,38,44)/t26?,30-,34?/m0/s1. The third kappa shape index (κ3) is 8.64. The quantitative estimate of drug-likeness (QED) is 0.282. The number of ether oxygens (including phenoxy) is 1. The zero-order chi connectivity index (χ0) is 31.9. The first-order chi connectivity index (χ1) is 22.4. The van der Waals surface area contributed by atoms with Crippen LogP contribution < -0.4 is 15.4 Å². The van der Waals surface area contributed by atoms with Crippen molar-refractivity contribution < 1.29 is 19.1 Å². The Morgan fingerprint density at radius 2 is 1.87 bits per heavy atom. The van der Waals surface area contributed by atoms with Crippen LogP contribution >= 0.6 is 11.6 Å². The second-order valence-electron chi connectivity index (χ2n) is 14.2. The van der Waals surface area contributed by atoms with Crippen LogP contribution in [-0.2, 0) is 24.4 Å². The molecule has 1 amide bonds. The zero-order valence-corrected chi connectivity index (χ0v) is 28.4. The van der Waals surface area contributed by atoms with Crippen LogP contribution in [0.5, 0.6) is 5.75 Å². The van der Waals surface area contributed by atoms with Gasteiger partial charge in [0.25, 0.3) is 0 Å². The number of hydrogen-bond acceptors (Lipinski definition) is 8. The lowest BCUT2D eigenvalue weighted by Gasteiger charge is -2.46. The monoisotopic (exact) mass is 655 g/mol. The Morgan fingerprint density at radius 1 is 1.09 bits per heavy atom. The summed E-state index contributed by atoms with van der Waals surface area (Å²) < 4.78 is 11.3. The second-order valence-corrected chi connectivity index (χ2v) is 14.5. The zero-order valence-electron chi connectivity index (χ0n) is 27.7. The summed E-state index contributed by atoms with van der Waals surface area (Å²) in [6.07, 6.45) is 18.1. The molecule has 4 aliphatic rings. The molecular weight excluding hydrogens is 602 g/mol. The number of aryl methyl sites for hydroxylation is 1. The Morgan fingerprint density at radius 3 is 2.59 bits per heavy atom. The summed E-state index contributed by atoms with van der Waals surface area (Å²) in [5.41, 5.74) is 3.05. The number of likely N-dealkylation sites (tertiary alicyclic amines) is 1. The van der Waals surface area contributed by atoms with Gasteiger partial charge in [0, 0.05) is 50.7 Å². The van der Waals surface area contributed by atoms with Gasteiger partial charge in [-0.3, -0.25) is 19.9 Å². The summed E-state index contributed by atoms with van der Waals surface area (Å²) in [6, 6.07) is 5.20. The van der Waals surface area contributed by atoms with Crippen LogP contribution in [0.15, 0.2) is 22.9 Å². The van der Waals surface area contributed by atoms with Gasteiger partial charge in [0.15, 0.2) is 12.2 Å². The van der Waals surface area contributed by atoms with E-state index in [0.717, 1.165) is 49.2 Å². The lowest BCUT2D eigenvalue weighted by Crippen LogP contribution is -2.59. The summed E-state index contributed by atoms with van der Waals surface area (Å²) in [5.74, 6) is 1.42. The van der Waals surface area contributed by atoms with Crippen LogP contribution in [-0.4, -0.2) is 76.3 Å². The van der Waals surface area contributed by atoms with Crippen molar-refractivity contribution >= 4 is 17.5 Å². The van der Waals surface area contributed by atoms with E-state index in [9.17, 15) is 9.90 Å². The number of rotatable bonds is 11. The van der Waals surface area contributed by atoms with Gasteiger partial charge >= 0.3 is 0 Å². The van der Waals surface area contributed by atoms with Gasteiger partial charge in [-0.15, -0.1) is 0 Å². The molecule has 2 saturated carbocycles. The molecule has 3 heterocycles. The van der Waals surface area contributed by atoms with Crippen LogP contribution in [0.4, 0.5) is 0 Å². The van der Waals surface area contributed by atoms with Gasteiger partial charge in [0.05, 0.1) is 23.0 Å². The highest BCUT2D eigenvalue weighted by Crippen LogP contribution is 2.35. The average molecular weight is 656 g/mol. The summed E-state index contributed by atoms with van der Waals surface area (Å²) in [7, 11) is 0. The van der Waals surface area contributed by atoms with Gasteiger partial charge in [0.1, 0.15) is 12.4 Å². The maximum atomic E-state index is 13.4. The molecule has 3 atom stereocenters. The highest BCUT2D eigenvalue weighted by Gasteiger charge is 2.37. The fraction of sp³-hybridized carbons (Fsp3) is 0.722. The number of halogens is 1. The first kappa shape index (κ1) is 33.7. The Kier molecular flexibility index (Phi) is 11.9. The van der Waals surface area contributed by atoms with Crippen LogP contribution in [0.3, 0.4) is 0 Å². The number of hydrogen-bond donors (Lipinski definition) is 3. The molecular formula is C36H54ClN5O4. The number of β-amino-alcohol motifs (C(OH)–C–C–N with tert-alkyl or cyclic N) is 1. The van der Waals surface area contributed by atoms with E-state index in [1.165, 1.54) is 77.0 Å². The van der Waals surface area contributed by atoms with E-state index in [-0.39, 0.29) is 31.1 Å². The van der Waals surface area contributed by atoms with E-state index in [1.54, 1.807) is 0 Å². The fourth-order valence-electron chi connectivity index (χ4n) is 7.86. The minimum absolute atomic E-state index is 0.00857. The van der Waals surface area contributed by atoms with E-state index in [4.69, 9.17) is 20.8 Å². The molecule has 6 rings (SSSR count). The number of nitrogens with zero attached hydrogens (tertiary/aromatic N) is 3. The molecule has 1 saturated heterocycles. The molecule has 1 aromatic carbocycles. The van der Waals surface area contributed by atoms with Gasteiger partial charge in [-0.1, -0.05) is 62.6 Å². The molecule has 2 aliphatic carbocycles. The van der Waals surface area contributed by atoms with E-state index in [0.29, 0.717) is 41.7 Å². The smallest absolute Gasteiger partial charge is 0.223 e. The van der Waals surface area contributed by atoms with Crippen molar-refractivity contribution in [1.29, 1.82) is 0 Å². The van der Waals surface area contributed by atoms with Gasteiger partial charge in [-0.25, -0.2) is 4.98 Å². The SMILES string of the molecule is Cc1ncoc1COc1ccc2c(c1Cl)CCN(C[C@@H](O)CNC(=O)C1CCN(C3CCCCCCCC3)C(NC3CCC3)C1)C2. The number of aliphatic hydroxyl groups excluding tert-OH is 1. The molecule has 0 radical (unpaired) electrons. The first-order valence-corrected chi connectivity index (χ1v) is 18.3. The lowest BCUT2D eigenvalue weighted by molar-refractivity contribution is -0.128. The Hall–Kier alpha value is -2.17. The van der Waals surface area contributed by atoms with Crippen LogP contribution in [0.2, 0.25) is 5.02 Å². The molecule has 0 bridgehead atoms. The predicted octanol–water partition coefficient (Wildman–Crippen LogP) is 5.73. The number of amides is 1. The average Bonchev–Trinajstić information content (AvgIpc) is 3.51. The van der Waals surface area contributed by atoms with Crippen LogP contribution in [0.1, 0.15) is 106 Å². The number of fused-ring (bicyclic) bond motifs is 1. The number of nitrogens with one attached hydrogen (secondary N) is 2. The van der Waals surface area contributed by atoms with Gasteiger partial charge in [0.2, 0.25) is 5.91 Å². The second kappa shape index (κ2) is 16.3. The van der Waals surface area contributed by atoms with Gasteiger partial charge in [-0.05, 0) is 69.1 Å². The predicted molar refractivity (Wildman–Crippen MR) is 180 cm³/mol. The van der Waals surface area contributed by atoms with Crippen molar-refractivity contribution in [3.05, 3.63) is 46.1 Å². The molecule has 254 valence electrons. The Balaban J connectivity index is 0.971. The molecule has 3 fully saturated rings. The number of aliphatic hydroxyl groups is 1. The Bertz CT molecular complexity index is 1280. The third-order valence-electron chi connectivity index (χ3n) is 10.9. The molecule has 10 heteroatoms. The minimum Gasteiger partial charge on any atom is -0.484 e. The van der Waals surface area contributed by atoms with Crippen LogP contribution in [0, 0.1) is 12.8 Å². The van der Waals surface area contributed by atoms with E-state index >= 15 is 0 Å². The van der Waals surface area contributed by atoms with Gasteiger partial charge in [-0.2, -0.15) is 0 Å². The normalized spacial score (nSPS) is 24.7. The summed E-state index contributed by atoms with van der Waals surface area (Å²) in [6.45, 7) is 5.43. The molecule has 0 spiro atoms. The topological polar surface area (TPSA) is 103 Å². The fourth-order valence-corrected chi connectivity index (χ4v) is 8.19. The molecule has 3 N–H and O–H groups in total. The van der Waals surface area contributed by atoms with Crippen molar-refractivity contribution in [2.45, 2.75) is 134 Å². The van der Waals surface area contributed by atoms with E-state index in [1.807, 2.05) is 13.0 Å². The lowest BCUT2D eigenvalue weighted by atomic mass is 9.87. The third-order valence-corrected chi connectivity index (χ3v) is 11.3. The molecule has 2 aliphatic heterocycles. The van der Waals surface area contributed by atoms with E-state index < -0.39 is 6.10 Å². The minimum atomic E-state index is -0.628. The van der Waals surface area contributed by atoms with Crippen molar-refractivity contribution in [2.75, 3.05) is 26.2 Å². The number of piperidine rings is 1. The molecule has 9 nitrogen and oxygen atoms in total. The Labute approximate surface area is 279 Å². The van der Waals surface area contributed by atoms with Crippen molar-refractivity contribution in [2.24, 2.45) is 5.92 Å². The molecule has 46 heavy (non-hydrogen) atoms. The van der Waals surface area contributed by atoms with Crippen molar-refractivity contribution in [3.8, 4) is 5.75 Å². The summed E-state index contributed by atoms with van der Waals surface area (Å²) in [4.78, 5) is 22.5. The summed E-state index contributed by atoms with van der Waals surface area (Å²) >= 11 is 6.75. The van der Waals surface area contributed by atoms with E-state index in [2.05, 4.69) is 31.5 Å². The summed E-state index contributed by atoms with van der Waals surface area (Å²) in [5, 5.41) is 18.7. The molecule has 2 aromatic rings. The van der Waals surface area contributed by atoms with Crippen LogP contribution in [0.25, 0.3) is 0 Å². The van der Waals surface area contributed by atoms with Crippen molar-refractivity contribution in [1.82, 2.24) is 25.4 Å². The highest BCUT2D eigenvalue weighted by molar-refractivity contribution is 6.33. The number of carbonyl (C=O) groups is 1. The highest BCUT2D eigenvalue weighted by atomic mass is 35.5. The number of benzene rings is 1. The van der Waals surface area contributed by atoms with Crippen molar-refractivity contribution in [3.63, 3.8) is 0 Å². The molecule has 2 unspecified atom stereocenters. The molecule has 1 aromatic heterocycles. The maximum absolute atomic E-state index is 13.4. The van der Waals surface area contributed by atoms with Gasteiger partial charge < -0.3 is 19.6 Å². The largest absolute Gasteiger partial charge is 0.484 e. The maximum Gasteiger partial charge on any atom is 0.223 e. The number of aromatic nitrogens is 1. The number of carbonyl (C=O) groups excluding carboxylic acids is 1. The number of oxazole rings is 1.